The van der Waals surface area contributed by atoms with E-state index in [1.165, 1.54) is 0 Å². The van der Waals surface area contributed by atoms with Crippen LogP contribution >= 0.6 is 7.82 Å². The van der Waals surface area contributed by atoms with Crippen LogP contribution in [0.15, 0.2) is 0 Å². The van der Waals surface area contributed by atoms with E-state index in [4.69, 9.17) is 30.2 Å². The van der Waals surface area contributed by atoms with Gasteiger partial charge in [0.2, 0.25) is 0 Å². The zero-order chi connectivity index (χ0) is 17.4. The number of carbonyl (C=O) groups excluding carboxylic acids is 1. The highest BCUT2D eigenvalue weighted by Gasteiger charge is 2.40. The van der Waals surface area contributed by atoms with E-state index < -0.39 is 50.1 Å². The summed E-state index contributed by atoms with van der Waals surface area (Å²) in [5, 5.41) is 33.8. The number of phosphoric acid groups is 1. The summed E-state index contributed by atoms with van der Waals surface area (Å²) in [6, 6.07) is 0. The van der Waals surface area contributed by atoms with Gasteiger partial charge in [0.1, 0.15) is 0 Å². The number of hydrogen-bond acceptors (Lipinski definition) is 7. The normalized spacial score (nSPS) is 10.9. The number of phosphoric ester groups is 1. The summed E-state index contributed by atoms with van der Waals surface area (Å²) < 4.78 is 13.2. The Balaban J connectivity index is 0. The lowest BCUT2D eigenvalue weighted by Crippen LogP contribution is -2.42. The van der Waals surface area contributed by atoms with Gasteiger partial charge in [0, 0.05) is 6.92 Å². The fraction of sp³-hybridized carbons (Fsp3) is 0.500. The number of hydrogen-bond donors (Lipinski definition) is 6. The molecule has 0 aliphatic rings. The van der Waals surface area contributed by atoms with Gasteiger partial charge in [0.25, 0.3) is 0 Å². The van der Waals surface area contributed by atoms with Crippen molar-refractivity contribution in [1.29, 1.82) is 0 Å². The predicted molar refractivity (Wildman–Crippen MR) is 60.9 cm³/mol. The van der Waals surface area contributed by atoms with Crippen molar-refractivity contribution in [3.8, 4) is 0 Å². The molecule has 0 atom stereocenters. The highest BCUT2D eigenvalue weighted by molar-refractivity contribution is 7.46. The molecule has 0 saturated carbocycles. The molecule has 0 bridgehead atoms. The molecule has 13 heteroatoms. The third-order valence-corrected chi connectivity index (χ3v) is 2.03. The second kappa shape index (κ2) is 8.32. The minimum Gasteiger partial charge on any atom is -0.481 e. The van der Waals surface area contributed by atoms with Crippen molar-refractivity contribution in [2.24, 2.45) is 0 Å². The molecule has 0 rings (SSSR count). The van der Waals surface area contributed by atoms with Crippen LogP contribution < -0.4 is 0 Å². The molecule has 6 N–H and O–H groups in total. The lowest BCUT2D eigenvalue weighted by Gasteiger charge is -2.18. The Bertz CT molecular complexity index is 446. The first-order valence-electron chi connectivity index (χ1n) is 4.84. The zero-order valence-corrected chi connectivity index (χ0v) is 11.4. The second-order valence-corrected chi connectivity index (χ2v) is 4.71. The van der Waals surface area contributed by atoms with Crippen LogP contribution in [-0.2, 0) is 28.3 Å². The quantitative estimate of drug-likeness (QED) is 0.303. The average molecular weight is 332 g/mol. The van der Waals surface area contributed by atoms with E-state index in [9.17, 15) is 23.7 Å². The number of rotatable bonds is 6. The molecule has 0 heterocycles. The molecule has 0 aromatic rings. The van der Waals surface area contributed by atoms with E-state index in [1.54, 1.807) is 0 Å². The van der Waals surface area contributed by atoms with Crippen molar-refractivity contribution < 1.29 is 58.5 Å². The summed E-state index contributed by atoms with van der Waals surface area (Å²) in [5.74, 6) is -6.01. The topological polar surface area (TPSA) is 216 Å². The molecule has 0 spiro atoms. The van der Waals surface area contributed by atoms with Crippen molar-refractivity contribution in [3.63, 3.8) is 0 Å². The van der Waals surface area contributed by atoms with Crippen molar-refractivity contribution in [2.45, 2.75) is 25.4 Å². The highest BCUT2D eigenvalue weighted by atomic mass is 31.2. The van der Waals surface area contributed by atoms with Crippen LogP contribution in [0.5, 0.6) is 0 Å². The second-order valence-electron chi connectivity index (χ2n) is 3.55. The SMILES string of the molecule is CC(=O)OP(=O)(O)O.O=C(O)CC(O)(CC(=O)O)C(=O)O. The van der Waals surface area contributed by atoms with Gasteiger partial charge in [-0.3, -0.25) is 24.2 Å². The molecule has 122 valence electrons. The Morgan fingerprint density at radius 3 is 1.43 bits per heavy atom. The standard InChI is InChI=1S/C6H8O7.C2H5O5P/c7-3(8)1-6(13,5(11)12)2-4(9)10;1-2(3)7-8(4,5)6/h13H,1-2H2,(H,7,8)(H,9,10)(H,11,12);1H3,(H2,4,5,6). The molecule has 12 nitrogen and oxygen atoms in total. The first-order valence-corrected chi connectivity index (χ1v) is 6.37. The Morgan fingerprint density at radius 2 is 1.33 bits per heavy atom. The molecular formula is C8H13O12P. The smallest absolute Gasteiger partial charge is 0.481 e. The van der Waals surface area contributed by atoms with E-state index in [1.807, 2.05) is 0 Å². The van der Waals surface area contributed by atoms with Gasteiger partial charge < -0.3 is 24.9 Å². The van der Waals surface area contributed by atoms with Crippen LogP contribution in [0.25, 0.3) is 0 Å². The van der Waals surface area contributed by atoms with E-state index in [0.29, 0.717) is 0 Å². The van der Waals surface area contributed by atoms with E-state index in [0.717, 1.165) is 6.92 Å². The molecule has 0 fully saturated rings. The van der Waals surface area contributed by atoms with Gasteiger partial charge in [-0.05, 0) is 0 Å². The van der Waals surface area contributed by atoms with Gasteiger partial charge >= 0.3 is 31.7 Å². The van der Waals surface area contributed by atoms with Crippen LogP contribution in [0.2, 0.25) is 0 Å². The van der Waals surface area contributed by atoms with Crippen LogP contribution in [0.3, 0.4) is 0 Å². The first kappa shape index (κ1) is 21.3. The zero-order valence-electron chi connectivity index (χ0n) is 10.5. The lowest BCUT2D eigenvalue weighted by atomic mass is 9.96. The molecule has 0 unspecified atom stereocenters. The van der Waals surface area contributed by atoms with Gasteiger partial charge in [-0.25, -0.2) is 9.36 Å². The third-order valence-electron chi connectivity index (χ3n) is 1.53. The molecule has 0 aromatic carbocycles. The number of carboxylic acid groups (broad SMARTS) is 3. The third kappa shape index (κ3) is 12.8. The van der Waals surface area contributed by atoms with Crippen LogP contribution in [0, 0.1) is 0 Å². The predicted octanol–water partition coefficient (Wildman–Crippen LogP) is -1.61. The molecule has 0 amide bonds. The van der Waals surface area contributed by atoms with E-state index >= 15 is 0 Å². The molecule has 0 aliphatic heterocycles. The fourth-order valence-corrected chi connectivity index (χ4v) is 1.22. The fourth-order valence-electron chi connectivity index (χ4n) is 0.882. The summed E-state index contributed by atoms with van der Waals surface area (Å²) in [4.78, 5) is 55.9. The van der Waals surface area contributed by atoms with Crippen molar-refractivity contribution in [1.82, 2.24) is 0 Å². The number of carbonyl (C=O) groups is 4. The molecule has 0 saturated heterocycles. The van der Waals surface area contributed by atoms with Crippen LogP contribution in [-0.4, -0.2) is 59.7 Å². The maximum Gasteiger partial charge on any atom is 0.526 e. The summed E-state index contributed by atoms with van der Waals surface area (Å²) in [6.07, 6.45) is -2.29. The summed E-state index contributed by atoms with van der Waals surface area (Å²) >= 11 is 0. The summed E-state index contributed by atoms with van der Waals surface area (Å²) in [5.41, 5.74) is -2.74. The van der Waals surface area contributed by atoms with E-state index in [-0.39, 0.29) is 0 Å². The number of aliphatic carboxylic acids is 3. The molecule has 0 aromatic heterocycles. The number of aliphatic hydroxyl groups is 1. The minimum absolute atomic E-state index is 0.916. The largest absolute Gasteiger partial charge is 0.526 e. The summed E-state index contributed by atoms with van der Waals surface area (Å²) in [6.45, 7) is 0.916. The Morgan fingerprint density at radius 1 is 1.00 bits per heavy atom. The maximum atomic E-state index is 10.3. The molecule has 21 heavy (non-hydrogen) atoms. The number of carboxylic acids is 3. The monoisotopic (exact) mass is 332 g/mol. The van der Waals surface area contributed by atoms with E-state index in [2.05, 4.69) is 4.52 Å². The van der Waals surface area contributed by atoms with Gasteiger partial charge in [0.15, 0.2) is 5.60 Å². The highest BCUT2D eigenvalue weighted by Crippen LogP contribution is 2.35. The lowest BCUT2D eigenvalue weighted by molar-refractivity contribution is -0.170. The van der Waals surface area contributed by atoms with Crippen molar-refractivity contribution in [3.05, 3.63) is 0 Å². The molecular weight excluding hydrogens is 319 g/mol. The Hall–Kier alpha value is -2.01. The van der Waals surface area contributed by atoms with Crippen molar-refractivity contribution >= 4 is 31.7 Å². The van der Waals surface area contributed by atoms with Gasteiger partial charge in [-0.2, -0.15) is 0 Å². The molecule has 0 aliphatic carbocycles. The Kier molecular flexibility index (Phi) is 8.43. The maximum absolute atomic E-state index is 10.3. The van der Waals surface area contributed by atoms with Gasteiger partial charge in [-0.15, -0.1) is 0 Å². The van der Waals surface area contributed by atoms with Gasteiger partial charge in [-0.1, -0.05) is 0 Å². The molecule has 0 radical (unpaired) electrons. The van der Waals surface area contributed by atoms with Crippen LogP contribution in [0.4, 0.5) is 0 Å². The first-order chi connectivity index (χ1) is 9.19. The summed E-state index contributed by atoms with van der Waals surface area (Å²) in [7, 11) is -4.57. The van der Waals surface area contributed by atoms with Crippen LogP contribution in [0.1, 0.15) is 19.8 Å². The van der Waals surface area contributed by atoms with Crippen molar-refractivity contribution in [2.75, 3.05) is 0 Å². The minimum atomic E-state index is -4.57. The van der Waals surface area contributed by atoms with Gasteiger partial charge in [0.05, 0.1) is 12.8 Å². The Labute approximate surface area is 116 Å². The average Bonchev–Trinajstić information content (AvgIpc) is 2.10.